The fourth-order valence-electron chi connectivity index (χ4n) is 3.31. The molecule has 122 valence electrons. The lowest BCUT2D eigenvalue weighted by atomic mass is 9.95. The van der Waals surface area contributed by atoms with Crippen LogP contribution in [0.4, 0.5) is 0 Å². The molecule has 0 bridgehead atoms. The second kappa shape index (κ2) is 6.44. The van der Waals surface area contributed by atoms with Crippen molar-refractivity contribution in [3.8, 4) is 5.75 Å². The van der Waals surface area contributed by atoms with E-state index in [4.69, 9.17) is 4.74 Å². The lowest BCUT2D eigenvalue weighted by Gasteiger charge is -2.18. The van der Waals surface area contributed by atoms with Gasteiger partial charge in [-0.1, -0.05) is 0 Å². The minimum absolute atomic E-state index is 0.121. The van der Waals surface area contributed by atoms with E-state index >= 15 is 0 Å². The van der Waals surface area contributed by atoms with Crippen molar-refractivity contribution in [1.82, 2.24) is 10.3 Å². The van der Waals surface area contributed by atoms with Crippen LogP contribution < -0.4 is 10.1 Å². The minimum atomic E-state index is -0.121. The number of nitrogens with one attached hydrogen (secondary N) is 2. The summed E-state index contributed by atoms with van der Waals surface area (Å²) in [7, 11) is 1.63. The molecule has 0 unspecified atom stereocenters. The number of Topliss-reactive ketones (excluding diaryl/α,β-unsaturated/α-hetero) is 1. The molecule has 0 aliphatic carbocycles. The van der Waals surface area contributed by atoms with Crippen LogP contribution in [0.5, 0.6) is 5.75 Å². The molecule has 0 spiro atoms. The number of carbonyl (C=O) groups excluding carboxylic acids is 2. The topological polar surface area (TPSA) is 71.2 Å². The number of carbonyl (C=O) groups is 2. The summed E-state index contributed by atoms with van der Waals surface area (Å²) in [5, 5.41) is 3.79. The van der Waals surface area contributed by atoms with E-state index < -0.39 is 0 Å². The molecule has 1 aromatic heterocycles. The van der Waals surface area contributed by atoms with Gasteiger partial charge < -0.3 is 19.8 Å². The van der Waals surface area contributed by atoms with E-state index in [1.807, 2.05) is 12.1 Å². The van der Waals surface area contributed by atoms with Gasteiger partial charge in [0.1, 0.15) is 17.2 Å². The van der Waals surface area contributed by atoms with Crippen molar-refractivity contribution in [3.05, 3.63) is 29.0 Å². The van der Waals surface area contributed by atoms with Gasteiger partial charge in [-0.3, -0.25) is 4.79 Å². The number of hydrogen-bond donors (Lipinski definition) is 2. The van der Waals surface area contributed by atoms with Crippen molar-refractivity contribution in [1.29, 1.82) is 0 Å². The second-order valence-electron chi connectivity index (χ2n) is 6.03. The summed E-state index contributed by atoms with van der Waals surface area (Å²) in [6, 6.07) is 3.95. The molecule has 5 heteroatoms. The average molecular weight is 314 g/mol. The maximum atomic E-state index is 12.2. The van der Waals surface area contributed by atoms with Gasteiger partial charge >= 0.3 is 0 Å². The highest BCUT2D eigenvalue weighted by Crippen LogP contribution is 2.36. The monoisotopic (exact) mass is 314 g/mol. The first-order chi connectivity index (χ1) is 11.1. The Balaban J connectivity index is 2.10. The summed E-state index contributed by atoms with van der Waals surface area (Å²) in [5.74, 6) is 0.972. The Morgan fingerprint density at radius 2 is 2.17 bits per heavy atom. The molecule has 1 amide bonds. The number of ether oxygens (including phenoxy) is 1. The first-order valence-electron chi connectivity index (χ1n) is 8.12. The smallest absolute Gasteiger partial charge is 0.267 e. The quantitative estimate of drug-likeness (QED) is 0.891. The van der Waals surface area contributed by atoms with E-state index in [9.17, 15) is 9.59 Å². The zero-order valence-corrected chi connectivity index (χ0v) is 13.6. The molecule has 0 saturated carbocycles. The van der Waals surface area contributed by atoms with E-state index in [0.29, 0.717) is 18.5 Å². The highest BCUT2D eigenvalue weighted by Gasteiger charge is 2.22. The van der Waals surface area contributed by atoms with E-state index in [-0.39, 0.29) is 11.7 Å². The van der Waals surface area contributed by atoms with Crippen molar-refractivity contribution in [2.75, 3.05) is 13.7 Å². The molecule has 2 aromatic rings. The van der Waals surface area contributed by atoms with Crippen LogP contribution in [0.15, 0.2) is 12.1 Å². The van der Waals surface area contributed by atoms with Crippen molar-refractivity contribution >= 4 is 22.6 Å². The number of benzene rings is 1. The lowest BCUT2D eigenvalue weighted by Crippen LogP contribution is -2.19. The number of fused-ring (bicyclic) bond motifs is 3. The van der Waals surface area contributed by atoms with Gasteiger partial charge in [0.25, 0.3) is 5.91 Å². The lowest BCUT2D eigenvalue weighted by molar-refractivity contribution is -0.117. The van der Waals surface area contributed by atoms with Gasteiger partial charge in [0.2, 0.25) is 0 Å². The van der Waals surface area contributed by atoms with Crippen LogP contribution in [0, 0.1) is 0 Å². The number of aryl methyl sites for hydroxylation is 2. The van der Waals surface area contributed by atoms with Crippen molar-refractivity contribution in [2.45, 2.75) is 39.0 Å². The second-order valence-corrected chi connectivity index (χ2v) is 6.03. The molecule has 5 nitrogen and oxygen atoms in total. The number of H-pyrrole nitrogens is 1. The summed E-state index contributed by atoms with van der Waals surface area (Å²) in [5.41, 5.74) is 3.75. The van der Waals surface area contributed by atoms with Crippen LogP contribution >= 0.6 is 0 Å². The highest BCUT2D eigenvalue weighted by atomic mass is 16.5. The Kier molecular flexibility index (Phi) is 4.37. The van der Waals surface area contributed by atoms with Crippen LogP contribution in [0.25, 0.3) is 10.9 Å². The van der Waals surface area contributed by atoms with Gasteiger partial charge in [-0.15, -0.1) is 0 Å². The molecule has 0 radical (unpaired) electrons. The van der Waals surface area contributed by atoms with Gasteiger partial charge in [0, 0.05) is 29.9 Å². The molecular weight excluding hydrogens is 292 g/mol. The molecule has 3 rings (SSSR count). The summed E-state index contributed by atoms with van der Waals surface area (Å²) < 4.78 is 5.76. The van der Waals surface area contributed by atoms with E-state index in [2.05, 4.69) is 10.3 Å². The predicted molar refractivity (Wildman–Crippen MR) is 89.1 cm³/mol. The summed E-state index contributed by atoms with van der Waals surface area (Å²) in [4.78, 5) is 26.7. The molecule has 0 atom stereocenters. The third-order valence-corrected chi connectivity index (χ3v) is 4.37. The Labute approximate surface area is 135 Å². The van der Waals surface area contributed by atoms with Crippen molar-refractivity contribution in [3.63, 3.8) is 0 Å². The average Bonchev–Trinajstić information content (AvgIpc) is 2.93. The van der Waals surface area contributed by atoms with E-state index in [1.54, 1.807) is 14.0 Å². The predicted octanol–water partition coefficient (Wildman–Crippen LogP) is 2.76. The standard InChI is InChI=1S/C18H22N2O3/c1-11(21)5-3-6-13-16-12-7-4-10-23-15(12)9-8-14(16)20-17(13)18(22)19-2/h8-9,20H,3-7,10H2,1-2H3,(H,19,22). The minimum Gasteiger partial charge on any atom is -0.493 e. The number of amides is 1. The maximum absolute atomic E-state index is 12.2. The maximum Gasteiger partial charge on any atom is 0.267 e. The van der Waals surface area contributed by atoms with Gasteiger partial charge in [-0.05, 0) is 50.3 Å². The highest BCUT2D eigenvalue weighted by molar-refractivity contribution is 6.02. The third-order valence-electron chi connectivity index (χ3n) is 4.37. The normalized spacial score (nSPS) is 13.5. The van der Waals surface area contributed by atoms with Crippen LogP contribution in [0.2, 0.25) is 0 Å². The zero-order valence-electron chi connectivity index (χ0n) is 13.6. The number of rotatable bonds is 5. The molecular formula is C18H22N2O3. The number of ketones is 1. The molecule has 2 N–H and O–H groups in total. The number of aromatic nitrogens is 1. The van der Waals surface area contributed by atoms with Crippen molar-refractivity contribution < 1.29 is 14.3 Å². The fourth-order valence-corrected chi connectivity index (χ4v) is 3.31. The Hall–Kier alpha value is -2.30. The van der Waals surface area contributed by atoms with Crippen molar-refractivity contribution in [2.24, 2.45) is 0 Å². The largest absolute Gasteiger partial charge is 0.493 e. The first-order valence-corrected chi connectivity index (χ1v) is 8.12. The first kappa shape index (κ1) is 15.6. The van der Waals surface area contributed by atoms with E-state index in [1.165, 1.54) is 5.56 Å². The van der Waals surface area contributed by atoms with Gasteiger partial charge in [0.05, 0.1) is 6.61 Å². The molecule has 1 aliphatic rings. The Morgan fingerprint density at radius 3 is 2.91 bits per heavy atom. The van der Waals surface area contributed by atoms with E-state index in [0.717, 1.165) is 48.1 Å². The molecule has 1 aromatic carbocycles. The number of aromatic amines is 1. The molecule has 0 fully saturated rings. The summed E-state index contributed by atoms with van der Waals surface area (Å²) in [6.07, 6.45) is 3.93. The zero-order chi connectivity index (χ0) is 16.4. The molecule has 2 heterocycles. The Bertz CT molecular complexity index is 761. The van der Waals surface area contributed by atoms with Crippen LogP contribution in [0.1, 0.15) is 47.8 Å². The Morgan fingerprint density at radius 1 is 1.35 bits per heavy atom. The molecule has 23 heavy (non-hydrogen) atoms. The number of hydrogen-bond acceptors (Lipinski definition) is 3. The third kappa shape index (κ3) is 2.96. The van der Waals surface area contributed by atoms with Gasteiger partial charge in [0.15, 0.2) is 0 Å². The van der Waals surface area contributed by atoms with Crippen LogP contribution in [0.3, 0.4) is 0 Å². The summed E-state index contributed by atoms with van der Waals surface area (Å²) >= 11 is 0. The van der Waals surface area contributed by atoms with Gasteiger partial charge in [-0.25, -0.2) is 0 Å². The SMILES string of the molecule is CNC(=O)c1[nH]c2ccc3c(c2c1CCCC(C)=O)CCCO3. The fraction of sp³-hybridized carbons (Fsp3) is 0.444. The molecule has 0 saturated heterocycles. The van der Waals surface area contributed by atoms with Crippen LogP contribution in [-0.2, 0) is 17.6 Å². The molecule has 1 aliphatic heterocycles. The van der Waals surface area contributed by atoms with Crippen LogP contribution in [-0.4, -0.2) is 30.3 Å². The van der Waals surface area contributed by atoms with Gasteiger partial charge in [-0.2, -0.15) is 0 Å². The summed E-state index contributed by atoms with van der Waals surface area (Å²) in [6.45, 7) is 2.34.